The van der Waals surface area contributed by atoms with Crippen LogP contribution in [0.25, 0.3) is 0 Å². The molecule has 3 nitrogen and oxygen atoms in total. The molecule has 19 heavy (non-hydrogen) atoms. The number of rotatable bonds is 3. The third kappa shape index (κ3) is 2.99. The minimum absolute atomic E-state index is 0.145. The smallest absolute Gasteiger partial charge is 0.0645 e. The Morgan fingerprint density at radius 2 is 2.32 bits per heavy atom. The standard InChI is InChI=1S/C16H24N2O/c1-16(8-4-10-19-12-16)18-11-15-14-6-3-2-5-13(14)7-9-17-15/h2-3,5-6,15,17-18H,4,7-12H2,1H3. The molecule has 2 unspecified atom stereocenters. The van der Waals surface area contributed by atoms with Crippen LogP contribution in [0.4, 0.5) is 0 Å². The highest BCUT2D eigenvalue weighted by molar-refractivity contribution is 5.32. The molecule has 1 saturated heterocycles. The summed E-state index contributed by atoms with van der Waals surface area (Å²) in [5.74, 6) is 0. The lowest BCUT2D eigenvalue weighted by molar-refractivity contribution is 0.0275. The van der Waals surface area contributed by atoms with Gasteiger partial charge in [0.25, 0.3) is 0 Å². The Hall–Kier alpha value is -0.900. The number of ether oxygens (including phenoxy) is 1. The summed E-state index contributed by atoms with van der Waals surface area (Å²) in [7, 11) is 0. The number of hydrogen-bond donors (Lipinski definition) is 2. The van der Waals surface area contributed by atoms with Crippen LogP contribution in [0.1, 0.15) is 36.9 Å². The highest BCUT2D eigenvalue weighted by atomic mass is 16.5. The van der Waals surface area contributed by atoms with Crippen molar-refractivity contribution in [1.82, 2.24) is 10.6 Å². The zero-order chi connectivity index (χ0) is 13.1. The highest BCUT2D eigenvalue weighted by Crippen LogP contribution is 2.24. The number of fused-ring (bicyclic) bond motifs is 1. The predicted octanol–water partition coefficient (Wildman–Crippen LogP) is 2.03. The first-order valence-electron chi connectivity index (χ1n) is 7.41. The zero-order valence-electron chi connectivity index (χ0n) is 11.7. The predicted molar refractivity (Wildman–Crippen MR) is 77.4 cm³/mol. The number of nitrogens with one attached hydrogen (secondary N) is 2. The average molecular weight is 260 g/mol. The minimum atomic E-state index is 0.145. The van der Waals surface area contributed by atoms with Crippen LogP contribution in [-0.2, 0) is 11.2 Å². The molecule has 0 bridgehead atoms. The molecule has 0 spiro atoms. The van der Waals surface area contributed by atoms with Crippen LogP contribution in [0, 0.1) is 0 Å². The Morgan fingerprint density at radius 3 is 3.16 bits per heavy atom. The van der Waals surface area contributed by atoms with Gasteiger partial charge in [-0.2, -0.15) is 0 Å². The first kappa shape index (κ1) is 13.1. The molecule has 3 heteroatoms. The van der Waals surface area contributed by atoms with E-state index in [1.807, 2.05) is 0 Å². The Kier molecular flexibility index (Phi) is 3.87. The van der Waals surface area contributed by atoms with Gasteiger partial charge in [0.1, 0.15) is 0 Å². The maximum absolute atomic E-state index is 5.61. The van der Waals surface area contributed by atoms with E-state index in [2.05, 4.69) is 41.8 Å². The summed E-state index contributed by atoms with van der Waals surface area (Å²) in [5, 5.41) is 7.35. The molecule has 2 aliphatic heterocycles. The second-order valence-electron chi connectivity index (χ2n) is 6.05. The second kappa shape index (κ2) is 5.61. The Bertz CT molecular complexity index is 427. The molecule has 1 fully saturated rings. The summed E-state index contributed by atoms with van der Waals surface area (Å²) in [6, 6.07) is 9.24. The van der Waals surface area contributed by atoms with Gasteiger partial charge in [-0.3, -0.25) is 0 Å². The van der Waals surface area contributed by atoms with E-state index >= 15 is 0 Å². The molecule has 2 N–H and O–H groups in total. The van der Waals surface area contributed by atoms with Gasteiger partial charge in [0.15, 0.2) is 0 Å². The zero-order valence-corrected chi connectivity index (χ0v) is 11.7. The fourth-order valence-electron chi connectivity index (χ4n) is 3.20. The summed E-state index contributed by atoms with van der Waals surface area (Å²) >= 11 is 0. The summed E-state index contributed by atoms with van der Waals surface area (Å²) in [6.45, 7) is 6.09. The molecule has 1 aromatic carbocycles. The number of hydrogen-bond acceptors (Lipinski definition) is 3. The number of benzene rings is 1. The van der Waals surface area contributed by atoms with Gasteiger partial charge in [-0.1, -0.05) is 24.3 Å². The summed E-state index contributed by atoms with van der Waals surface area (Å²) in [6.07, 6.45) is 3.52. The second-order valence-corrected chi connectivity index (χ2v) is 6.05. The van der Waals surface area contributed by atoms with Gasteiger partial charge in [0.05, 0.1) is 6.61 Å². The lowest BCUT2D eigenvalue weighted by atomic mass is 9.91. The molecule has 1 aromatic rings. The molecular weight excluding hydrogens is 236 g/mol. The molecular formula is C16H24N2O. The van der Waals surface area contributed by atoms with Crippen LogP contribution in [0.15, 0.2) is 24.3 Å². The van der Waals surface area contributed by atoms with E-state index in [0.29, 0.717) is 6.04 Å². The van der Waals surface area contributed by atoms with Crippen LogP contribution >= 0.6 is 0 Å². The fourth-order valence-corrected chi connectivity index (χ4v) is 3.20. The van der Waals surface area contributed by atoms with E-state index in [1.165, 1.54) is 17.5 Å². The van der Waals surface area contributed by atoms with Crippen molar-refractivity contribution in [3.8, 4) is 0 Å². The van der Waals surface area contributed by atoms with Crippen LogP contribution in [0.2, 0.25) is 0 Å². The quantitative estimate of drug-likeness (QED) is 0.872. The highest BCUT2D eigenvalue weighted by Gasteiger charge is 2.29. The molecule has 2 aliphatic rings. The average Bonchev–Trinajstić information content (AvgIpc) is 2.46. The van der Waals surface area contributed by atoms with Gasteiger partial charge in [0, 0.05) is 24.7 Å². The molecule has 0 amide bonds. The lowest BCUT2D eigenvalue weighted by Gasteiger charge is -2.37. The van der Waals surface area contributed by atoms with Gasteiger partial charge in [-0.05, 0) is 43.9 Å². The van der Waals surface area contributed by atoms with Crippen molar-refractivity contribution in [3.63, 3.8) is 0 Å². The first-order valence-corrected chi connectivity index (χ1v) is 7.41. The molecule has 0 radical (unpaired) electrons. The molecule has 2 heterocycles. The van der Waals surface area contributed by atoms with Gasteiger partial charge in [-0.25, -0.2) is 0 Å². The van der Waals surface area contributed by atoms with Crippen molar-refractivity contribution in [3.05, 3.63) is 35.4 Å². The van der Waals surface area contributed by atoms with Crippen LogP contribution in [0.5, 0.6) is 0 Å². The van der Waals surface area contributed by atoms with E-state index in [-0.39, 0.29) is 5.54 Å². The fraction of sp³-hybridized carbons (Fsp3) is 0.625. The van der Waals surface area contributed by atoms with Crippen molar-refractivity contribution in [2.75, 3.05) is 26.3 Å². The molecule has 0 aliphatic carbocycles. The third-order valence-electron chi connectivity index (χ3n) is 4.39. The van der Waals surface area contributed by atoms with Gasteiger partial charge in [0.2, 0.25) is 0 Å². The van der Waals surface area contributed by atoms with Gasteiger partial charge in [-0.15, -0.1) is 0 Å². The van der Waals surface area contributed by atoms with Crippen molar-refractivity contribution in [2.24, 2.45) is 0 Å². The molecule has 0 aromatic heterocycles. The van der Waals surface area contributed by atoms with Crippen LogP contribution in [0.3, 0.4) is 0 Å². The monoisotopic (exact) mass is 260 g/mol. The normalized spacial score (nSPS) is 30.9. The van der Waals surface area contributed by atoms with Crippen LogP contribution < -0.4 is 10.6 Å². The van der Waals surface area contributed by atoms with E-state index in [1.54, 1.807) is 0 Å². The summed E-state index contributed by atoms with van der Waals surface area (Å²) in [5.41, 5.74) is 3.10. The summed E-state index contributed by atoms with van der Waals surface area (Å²) < 4.78 is 5.61. The van der Waals surface area contributed by atoms with E-state index < -0.39 is 0 Å². The Labute approximate surface area is 115 Å². The SMILES string of the molecule is CC1(NCC2NCCc3ccccc32)CCCOC1. The minimum Gasteiger partial charge on any atom is -0.380 e. The van der Waals surface area contributed by atoms with Crippen molar-refractivity contribution < 1.29 is 4.74 Å². The van der Waals surface area contributed by atoms with Crippen LogP contribution in [-0.4, -0.2) is 31.8 Å². The Morgan fingerprint density at radius 1 is 1.42 bits per heavy atom. The van der Waals surface area contributed by atoms with E-state index in [0.717, 1.165) is 39.1 Å². The molecule has 2 atom stereocenters. The maximum atomic E-state index is 5.61. The third-order valence-corrected chi connectivity index (χ3v) is 4.39. The maximum Gasteiger partial charge on any atom is 0.0645 e. The van der Waals surface area contributed by atoms with Crippen molar-refractivity contribution in [2.45, 2.75) is 37.8 Å². The largest absolute Gasteiger partial charge is 0.380 e. The molecule has 104 valence electrons. The van der Waals surface area contributed by atoms with Crippen molar-refractivity contribution in [1.29, 1.82) is 0 Å². The lowest BCUT2D eigenvalue weighted by Crippen LogP contribution is -2.52. The van der Waals surface area contributed by atoms with E-state index in [9.17, 15) is 0 Å². The van der Waals surface area contributed by atoms with Gasteiger partial charge >= 0.3 is 0 Å². The summed E-state index contributed by atoms with van der Waals surface area (Å²) in [4.78, 5) is 0. The topological polar surface area (TPSA) is 33.3 Å². The Balaban J connectivity index is 1.64. The van der Waals surface area contributed by atoms with E-state index in [4.69, 9.17) is 4.74 Å². The first-order chi connectivity index (χ1) is 9.27. The van der Waals surface area contributed by atoms with Crippen molar-refractivity contribution >= 4 is 0 Å². The molecule has 3 rings (SSSR count). The molecule has 0 saturated carbocycles. The van der Waals surface area contributed by atoms with Gasteiger partial charge < -0.3 is 15.4 Å².